The Bertz CT molecular complexity index is 2400. The minimum atomic E-state index is -1.64. The highest BCUT2D eigenvalue weighted by molar-refractivity contribution is 6.00. The molecule has 11 amide bonds. The minimum Gasteiger partial charge on any atom is -0.390 e. The number of carbonyl (C=O) groups is 11. The first-order valence-corrected chi connectivity index (χ1v) is 31.8. The van der Waals surface area contributed by atoms with Gasteiger partial charge in [0.2, 0.25) is 65.0 Å². The van der Waals surface area contributed by atoms with E-state index in [0.717, 1.165) is 9.80 Å². The van der Waals surface area contributed by atoms with E-state index in [2.05, 4.69) is 21.3 Å². The first-order valence-electron chi connectivity index (χ1n) is 31.8. The zero-order chi connectivity index (χ0) is 68.3. The maximum absolute atomic E-state index is 15.2. The number of allylic oxidation sites excluding steroid dienone is 2. The molecule has 0 saturated carbocycles. The number of likely N-dealkylation sites (N-methyl/N-ethyl adjacent to an activating group) is 7. The molecule has 24 nitrogen and oxygen atoms in total. The predicted octanol–water partition coefficient (Wildman–Crippen LogP) is 2.99. The second-order valence-corrected chi connectivity index (χ2v) is 26.9. The summed E-state index contributed by atoms with van der Waals surface area (Å²) in [6.45, 7) is 29.8. The van der Waals surface area contributed by atoms with E-state index in [-0.39, 0.29) is 68.7 Å². The van der Waals surface area contributed by atoms with E-state index in [9.17, 15) is 48.3 Å². The second kappa shape index (κ2) is 36.5. The third-order valence-corrected chi connectivity index (χ3v) is 16.8. The Kier molecular flexibility index (Phi) is 33.1. The molecule has 13 atom stereocenters. The van der Waals surface area contributed by atoms with Gasteiger partial charge >= 0.3 is 0 Å². The van der Waals surface area contributed by atoms with E-state index < -0.39 is 155 Å². The molecule has 0 aromatic rings. The van der Waals surface area contributed by atoms with Gasteiger partial charge in [-0.15, -0.1) is 0 Å². The van der Waals surface area contributed by atoms with E-state index in [1.807, 2.05) is 55.4 Å². The van der Waals surface area contributed by atoms with Gasteiger partial charge in [0.1, 0.15) is 66.5 Å². The molecule has 7 N–H and O–H groups in total. The number of nitrogens with one attached hydrogen (secondary N) is 4. The van der Waals surface area contributed by atoms with Crippen LogP contribution < -0.4 is 27.0 Å². The van der Waals surface area contributed by atoms with Gasteiger partial charge in [-0.25, -0.2) is 0 Å². The molecular weight excluding hydrogens is 1130 g/mol. The molecule has 24 heteroatoms. The summed E-state index contributed by atoms with van der Waals surface area (Å²) in [5, 5.41) is 23.2. The summed E-state index contributed by atoms with van der Waals surface area (Å²) in [6, 6.07) is -13.8. The number of nitrogens with two attached hydrogens (primary N) is 1. The normalized spacial score (nSPS) is 27.2. The second-order valence-electron chi connectivity index (χ2n) is 26.9. The van der Waals surface area contributed by atoms with Crippen molar-refractivity contribution >= 4 is 65.0 Å². The maximum Gasteiger partial charge on any atom is 0.246 e. The molecule has 1 saturated heterocycles. The first kappa shape index (κ1) is 79.8. The fourth-order valence-electron chi connectivity index (χ4n) is 11.3. The summed E-state index contributed by atoms with van der Waals surface area (Å²) in [7, 11) is 9.92. The monoisotopic (exact) mass is 1240 g/mol. The molecule has 0 aromatic heterocycles. The molecule has 0 aliphatic carbocycles. The van der Waals surface area contributed by atoms with Gasteiger partial charge in [0.25, 0.3) is 0 Å². The minimum absolute atomic E-state index is 0.00952. The van der Waals surface area contributed by atoms with Crippen LogP contribution in [0.2, 0.25) is 0 Å². The van der Waals surface area contributed by atoms with Crippen molar-refractivity contribution in [2.24, 2.45) is 47.2 Å². The van der Waals surface area contributed by atoms with Crippen LogP contribution in [0, 0.1) is 41.4 Å². The van der Waals surface area contributed by atoms with Gasteiger partial charge in [-0.05, 0) is 114 Å². The zero-order valence-electron chi connectivity index (χ0n) is 57.9. The van der Waals surface area contributed by atoms with Crippen LogP contribution in [0.15, 0.2) is 12.2 Å². The molecule has 0 bridgehead atoms. The Labute approximate surface area is 526 Å². The number of hydrogen-bond acceptors (Lipinski definition) is 13. The van der Waals surface area contributed by atoms with Gasteiger partial charge in [-0.1, -0.05) is 109 Å². The van der Waals surface area contributed by atoms with E-state index in [4.69, 9.17) is 5.73 Å². The van der Waals surface area contributed by atoms with Crippen molar-refractivity contribution < 1.29 is 57.8 Å². The van der Waals surface area contributed by atoms with E-state index >= 15 is 9.59 Å². The van der Waals surface area contributed by atoms with Crippen LogP contribution in [0.4, 0.5) is 0 Å². The van der Waals surface area contributed by atoms with Gasteiger partial charge in [0, 0.05) is 49.3 Å². The molecule has 1 heterocycles. The third kappa shape index (κ3) is 21.8. The average molecular weight is 1250 g/mol. The van der Waals surface area contributed by atoms with Crippen LogP contribution in [0.25, 0.3) is 0 Å². The van der Waals surface area contributed by atoms with E-state index in [0.29, 0.717) is 6.42 Å². The van der Waals surface area contributed by atoms with Gasteiger partial charge in [0.05, 0.1) is 6.10 Å². The first-order chi connectivity index (χ1) is 40.7. The molecule has 1 aliphatic heterocycles. The van der Waals surface area contributed by atoms with Crippen molar-refractivity contribution in [3.8, 4) is 0 Å². The Balaban J connectivity index is 4.45. The molecule has 1 aliphatic rings. The van der Waals surface area contributed by atoms with Gasteiger partial charge in [0.15, 0.2) is 0 Å². The van der Waals surface area contributed by atoms with Crippen LogP contribution in [0.1, 0.15) is 163 Å². The number of hydrogen-bond donors (Lipinski definition) is 6. The van der Waals surface area contributed by atoms with E-state index in [1.165, 1.54) is 87.7 Å². The van der Waals surface area contributed by atoms with E-state index in [1.54, 1.807) is 60.6 Å². The van der Waals surface area contributed by atoms with Crippen LogP contribution in [0.5, 0.6) is 0 Å². The molecule has 1 rings (SSSR count). The number of rotatable bonds is 17. The highest BCUT2D eigenvalue weighted by atomic mass is 16.3. The van der Waals surface area contributed by atoms with Crippen molar-refractivity contribution in [2.75, 3.05) is 55.9 Å². The number of amides is 11. The highest BCUT2D eigenvalue weighted by Crippen LogP contribution is 2.26. The van der Waals surface area contributed by atoms with Crippen LogP contribution in [-0.2, 0) is 52.7 Å². The molecule has 88 heavy (non-hydrogen) atoms. The largest absolute Gasteiger partial charge is 0.390 e. The Morgan fingerprint density at radius 2 is 0.830 bits per heavy atom. The van der Waals surface area contributed by atoms with Crippen LogP contribution >= 0.6 is 0 Å². The van der Waals surface area contributed by atoms with Gasteiger partial charge in [-0.2, -0.15) is 0 Å². The van der Waals surface area contributed by atoms with Gasteiger partial charge < -0.3 is 66.4 Å². The summed E-state index contributed by atoms with van der Waals surface area (Å²) < 4.78 is 0. The fraction of sp³-hybridized carbons (Fsp3) is 0.797. The molecule has 504 valence electrons. The molecule has 0 radical (unpaired) electrons. The molecule has 0 unspecified atom stereocenters. The summed E-state index contributed by atoms with van der Waals surface area (Å²) in [4.78, 5) is 171. The molecule has 0 spiro atoms. The number of carbonyl (C=O) groups excluding carboxylic acids is 11. The van der Waals surface area contributed by atoms with Crippen molar-refractivity contribution in [3.05, 3.63) is 12.2 Å². The summed E-state index contributed by atoms with van der Waals surface area (Å²) in [5.41, 5.74) is 6.12. The Morgan fingerprint density at radius 1 is 0.443 bits per heavy atom. The lowest BCUT2D eigenvalue weighted by Crippen LogP contribution is -2.64. The number of nitrogens with zero attached hydrogens (tertiary/aromatic N) is 7. The zero-order valence-corrected chi connectivity index (χ0v) is 57.9. The number of aliphatic hydroxyl groups is 1. The topological polar surface area (TPSA) is 305 Å². The van der Waals surface area contributed by atoms with Crippen molar-refractivity contribution in [1.29, 1.82) is 0 Å². The standard InChI is InChI=1S/C64H116N12O12/c1-25-27-28-41(15)53(77)52-57(81)68-44(26-2)59(83)70(18)45(29-30-65)60(84)71(19)47(32-36(5)6)56(80)69-50(39(11)12)63(87)72(20)46(31-35(3)4)55(79)66-42(16)54(78)67-43(17)58(82)73(21)48(33-37(7)8)61(85)74(22)49(34-38(9)10)62(86)75(23)51(40(13)14)64(88)76(52)24/h25,27,35-53,77H,26,28-34,65H2,1-24H3,(H,66,79)(H,67,78)(H,68,81)(H,69,80)/b27-25+/t41-,42+,43-,44+,45-,46+,47+,48+,49+,50+,51+,52+,53-/m1/s1. The van der Waals surface area contributed by atoms with Crippen molar-refractivity contribution in [2.45, 2.75) is 235 Å². The van der Waals surface area contributed by atoms with Crippen molar-refractivity contribution in [3.63, 3.8) is 0 Å². The van der Waals surface area contributed by atoms with Crippen LogP contribution in [-0.4, -0.2) is 233 Å². The average Bonchev–Trinajstić information content (AvgIpc) is 1.33. The quantitative estimate of drug-likeness (QED) is 0.114. The highest BCUT2D eigenvalue weighted by Gasteiger charge is 2.46. The number of aliphatic hydroxyl groups excluding tert-OH is 1. The summed E-state index contributed by atoms with van der Waals surface area (Å²) in [5.74, 6) is -9.97. The third-order valence-electron chi connectivity index (χ3n) is 16.8. The smallest absolute Gasteiger partial charge is 0.246 e. The predicted molar refractivity (Wildman–Crippen MR) is 341 cm³/mol. The maximum atomic E-state index is 15.2. The molecule has 0 aromatic carbocycles. The lowest BCUT2D eigenvalue weighted by molar-refractivity contribution is -0.157. The van der Waals surface area contributed by atoms with Crippen molar-refractivity contribution in [1.82, 2.24) is 55.6 Å². The summed E-state index contributed by atoms with van der Waals surface area (Å²) in [6.07, 6.45) is 2.84. The SMILES string of the molecule is C/C=C/C[C@@H](C)[C@@H](O)[C@H]1C(=O)N[C@@H](CC)C(=O)N(C)[C@H](CCN)C(=O)N(C)[C@@H](CC(C)C)C(=O)N[C@@H](C(C)C)C(=O)N(C)[C@@H](CC(C)C)C(=O)N[C@@H](C)C(=O)N[C@H](C)C(=O)N(C)[C@@H](CC(C)C)C(=O)N(C)[C@@H](CC(C)C)C(=O)N(C)[C@@H](C(C)C)C(=O)N1C. The molecular formula is C64H116N12O12. The van der Waals surface area contributed by atoms with Gasteiger partial charge in [-0.3, -0.25) is 52.7 Å². The Hall–Kier alpha value is -6.17. The summed E-state index contributed by atoms with van der Waals surface area (Å²) >= 11 is 0. The Morgan fingerprint density at radius 3 is 1.26 bits per heavy atom. The lowest BCUT2D eigenvalue weighted by atomic mass is 9.91. The molecule has 1 fully saturated rings. The fourth-order valence-corrected chi connectivity index (χ4v) is 11.3. The van der Waals surface area contributed by atoms with Crippen LogP contribution in [0.3, 0.4) is 0 Å². The lowest BCUT2D eigenvalue weighted by Gasteiger charge is -2.41.